The first-order valence-corrected chi connectivity index (χ1v) is 13.0. The molecule has 0 saturated carbocycles. The van der Waals surface area contributed by atoms with E-state index in [4.69, 9.17) is 4.98 Å². The van der Waals surface area contributed by atoms with Crippen LogP contribution in [0.4, 0.5) is 0 Å². The van der Waals surface area contributed by atoms with Gasteiger partial charge in [0, 0.05) is 23.9 Å². The average Bonchev–Trinajstić information content (AvgIpc) is 3.44. The van der Waals surface area contributed by atoms with Gasteiger partial charge in [0.2, 0.25) is 0 Å². The maximum absolute atomic E-state index is 12.9. The Morgan fingerprint density at radius 1 is 0.914 bits per heavy atom. The van der Waals surface area contributed by atoms with E-state index in [0.717, 1.165) is 32.6 Å². The Morgan fingerprint density at radius 2 is 1.74 bits per heavy atom. The summed E-state index contributed by atoms with van der Waals surface area (Å²) in [6.07, 6.45) is 0.676. The van der Waals surface area contributed by atoms with Crippen LogP contribution >= 0.6 is 23.1 Å². The lowest BCUT2D eigenvalue weighted by Crippen LogP contribution is -2.13. The van der Waals surface area contributed by atoms with Crippen LogP contribution in [0.3, 0.4) is 0 Å². The highest BCUT2D eigenvalue weighted by molar-refractivity contribution is 7.98. The molecule has 0 aliphatic carbocycles. The first-order chi connectivity index (χ1) is 17.2. The molecule has 6 rings (SSSR count). The van der Waals surface area contributed by atoms with Gasteiger partial charge in [-0.05, 0) is 42.3 Å². The Hall–Kier alpha value is -3.75. The summed E-state index contributed by atoms with van der Waals surface area (Å²) in [4.78, 5) is 18.4. The fraction of sp³-hybridized carbons (Fsp3) is 0.111. The molecular formula is C27H21N5OS2. The van der Waals surface area contributed by atoms with Gasteiger partial charge in [0.15, 0.2) is 10.1 Å². The molecule has 0 atom stereocenters. The fourth-order valence-corrected chi connectivity index (χ4v) is 6.06. The third-order valence-corrected chi connectivity index (χ3v) is 7.75. The summed E-state index contributed by atoms with van der Waals surface area (Å²) in [5.74, 6) is 1.40. The second-order valence-corrected chi connectivity index (χ2v) is 10.2. The smallest absolute Gasteiger partial charge is 0.259 e. The van der Waals surface area contributed by atoms with E-state index < -0.39 is 0 Å². The van der Waals surface area contributed by atoms with Crippen molar-refractivity contribution in [3.8, 4) is 5.69 Å². The average molecular weight is 496 g/mol. The number of nitrogens with zero attached hydrogens (tertiary/aromatic N) is 5. The zero-order valence-corrected chi connectivity index (χ0v) is 20.6. The van der Waals surface area contributed by atoms with Gasteiger partial charge in [-0.2, -0.15) is 0 Å². The number of hydrogen-bond acceptors (Lipinski definition) is 6. The molecule has 0 aliphatic heterocycles. The first-order valence-electron chi connectivity index (χ1n) is 11.2. The molecule has 0 unspecified atom stereocenters. The van der Waals surface area contributed by atoms with Crippen molar-refractivity contribution in [1.29, 1.82) is 0 Å². The minimum atomic E-state index is -0.0621. The topological polar surface area (TPSA) is 65.1 Å². The van der Waals surface area contributed by atoms with Gasteiger partial charge < -0.3 is 0 Å². The number of thioether (sulfide) groups is 1. The summed E-state index contributed by atoms with van der Waals surface area (Å²) in [6.45, 7) is 2.08. The molecule has 0 radical (unpaired) electrons. The van der Waals surface area contributed by atoms with E-state index in [1.54, 1.807) is 10.5 Å². The SMILES string of the molecule is Cc1cccc(-n2c(Cc3ccccc3)nnc2SCc2cc(=O)n3c(n2)sc2ccccc23)c1. The van der Waals surface area contributed by atoms with Gasteiger partial charge in [-0.3, -0.25) is 13.8 Å². The minimum absolute atomic E-state index is 0.0621. The molecule has 0 saturated heterocycles. The van der Waals surface area contributed by atoms with E-state index in [1.165, 1.54) is 34.2 Å². The van der Waals surface area contributed by atoms with Crippen LogP contribution in [0.15, 0.2) is 94.9 Å². The summed E-state index contributed by atoms with van der Waals surface area (Å²) >= 11 is 3.07. The van der Waals surface area contributed by atoms with E-state index in [1.807, 2.05) is 48.5 Å². The molecule has 3 aromatic heterocycles. The number of benzene rings is 3. The molecule has 172 valence electrons. The predicted octanol–water partition coefficient (Wildman–Crippen LogP) is 5.68. The Kier molecular flexibility index (Phi) is 5.67. The predicted molar refractivity (Wildman–Crippen MR) is 142 cm³/mol. The standard InChI is InChI=1S/C27H21N5OS2/c1-18-8-7-11-21(14-18)31-24(15-19-9-3-2-4-10-19)29-30-27(31)34-17-20-16-25(33)32-22-12-5-6-13-23(22)35-26(32)28-20/h2-14,16H,15,17H2,1H3. The third-order valence-electron chi connectivity index (χ3n) is 5.76. The van der Waals surface area contributed by atoms with Crippen molar-refractivity contribution in [2.75, 3.05) is 0 Å². The molecule has 8 heteroatoms. The zero-order chi connectivity index (χ0) is 23.8. The third kappa shape index (κ3) is 4.26. The van der Waals surface area contributed by atoms with Crippen LogP contribution in [0.5, 0.6) is 0 Å². The Balaban J connectivity index is 1.35. The summed E-state index contributed by atoms with van der Waals surface area (Å²) in [7, 11) is 0. The molecule has 35 heavy (non-hydrogen) atoms. The van der Waals surface area contributed by atoms with Crippen LogP contribution in [0, 0.1) is 6.92 Å². The van der Waals surface area contributed by atoms with Crippen LogP contribution in [0.2, 0.25) is 0 Å². The molecule has 0 fully saturated rings. The summed E-state index contributed by atoms with van der Waals surface area (Å²) in [6, 6.07) is 28.1. The number of aromatic nitrogens is 5. The Labute approximate surface area is 209 Å². The van der Waals surface area contributed by atoms with Crippen LogP contribution in [-0.2, 0) is 12.2 Å². The number of fused-ring (bicyclic) bond motifs is 3. The fourth-order valence-electron chi connectivity index (χ4n) is 4.15. The van der Waals surface area contributed by atoms with E-state index in [0.29, 0.717) is 17.1 Å². The van der Waals surface area contributed by atoms with Gasteiger partial charge >= 0.3 is 0 Å². The number of para-hydroxylation sites is 1. The van der Waals surface area contributed by atoms with Gasteiger partial charge in [-0.1, -0.05) is 77.7 Å². The molecule has 6 nitrogen and oxygen atoms in total. The monoisotopic (exact) mass is 495 g/mol. The Bertz CT molecular complexity index is 1720. The van der Waals surface area contributed by atoms with Gasteiger partial charge in [-0.25, -0.2) is 4.98 Å². The zero-order valence-electron chi connectivity index (χ0n) is 19.0. The molecule has 0 bridgehead atoms. The molecule has 3 aromatic carbocycles. The minimum Gasteiger partial charge on any atom is -0.274 e. The summed E-state index contributed by atoms with van der Waals surface area (Å²) < 4.78 is 4.84. The van der Waals surface area contributed by atoms with E-state index in [9.17, 15) is 4.79 Å². The number of thiazole rings is 1. The molecule has 0 N–H and O–H groups in total. The van der Waals surface area contributed by atoms with Crippen LogP contribution in [0.25, 0.3) is 20.9 Å². The largest absolute Gasteiger partial charge is 0.274 e. The molecule has 6 aromatic rings. The van der Waals surface area contributed by atoms with Crippen LogP contribution < -0.4 is 5.56 Å². The van der Waals surface area contributed by atoms with Gasteiger partial charge in [0.25, 0.3) is 5.56 Å². The second kappa shape index (κ2) is 9.13. The van der Waals surface area contributed by atoms with E-state index >= 15 is 0 Å². The molecule has 0 aliphatic rings. The first kappa shape index (κ1) is 21.8. The van der Waals surface area contributed by atoms with Crippen molar-refractivity contribution < 1.29 is 0 Å². The van der Waals surface area contributed by atoms with Crippen molar-refractivity contribution in [2.45, 2.75) is 24.3 Å². The summed E-state index contributed by atoms with van der Waals surface area (Å²) in [5, 5.41) is 9.83. The van der Waals surface area contributed by atoms with Gasteiger partial charge in [0.1, 0.15) is 5.82 Å². The lowest BCUT2D eigenvalue weighted by atomic mass is 10.1. The van der Waals surface area contributed by atoms with Crippen molar-refractivity contribution >= 4 is 38.3 Å². The lowest BCUT2D eigenvalue weighted by molar-refractivity contribution is 0.846. The van der Waals surface area contributed by atoms with E-state index in [-0.39, 0.29) is 5.56 Å². The molecule has 0 spiro atoms. The normalized spacial score (nSPS) is 11.5. The molecule has 3 heterocycles. The van der Waals surface area contributed by atoms with E-state index in [2.05, 4.69) is 52.0 Å². The highest BCUT2D eigenvalue weighted by Gasteiger charge is 2.17. The van der Waals surface area contributed by atoms with Crippen molar-refractivity contribution in [1.82, 2.24) is 24.1 Å². The van der Waals surface area contributed by atoms with Crippen molar-refractivity contribution in [3.63, 3.8) is 0 Å². The highest BCUT2D eigenvalue weighted by atomic mass is 32.2. The maximum Gasteiger partial charge on any atom is 0.259 e. The van der Waals surface area contributed by atoms with Gasteiger partial charge in [0.05, 0.1) is 15.9 Å². The maximum atomic E-state index is 12.9. The van der Waals surface area contributed by atoms with Gasteiger partial charge in [-0.15, -0.1) is 10.2 Å². The molecule has 0 amide bonds. The Morgan fingerprint density at radius 3 is 2.60 bits per heavy atom. The second-order valence-electron chi connectivity index (χ2n) is 8.30. The number of aryl methyl sites for hydroxylation is 1. The van der Waals surface area contributed by atoms with Crippen LogP contribution in [-0.4, -0.2) is 24.1 Å². The molecular weight excluding hydrogens is 474 g/mol. The van der Waals surface area contributed by atoms with Crippen molar-refractivity contribution in [3.05, 3.63) is 118 Å². The lowest BCUT2D eigenvalue weighted by Gasteiger charge is -2.11. The van der Waals surface area contributed by atoms with Crippen LogP contribution in [0.1, 0.15) is 22.6 Å². The quantitative estimate of drug-likeness (QED) is 0.278. The highest BCUT2D eigenvalue weighted by Crippen LogP contribution is 2.28. The number of rotatable bonds is 6. The summed E-state index contributed by atoms with van der Waals surface area (Å²) in [5.41, 5.74) is 4.94. The van der Waals surface area contributed by atoms with Crippen molar-refractivity contribution in [2.24, 2.45) is 0 Å². The number of hydrogen-bond donors (Lipinski definition) is 0.